The van der Waals surface area contributed by atoms with Crippen molar-refractivity contribution in [2.75, 3.05) is 26.7 Å². The van der Waals surface area contributed by atoms with Crippen LogP contribution in [0.25, 0.3) is 16.9 Å². The predicted molar refractivity (Wildman–Crippen MR) is 128 cm³/mol. The Hall–Kier alpha value is -3.61. The maximum Gasteiger partial charge on any atom is 0.257 e. The number of nitrogens with zero attached hydrogens (tertiary/aromatic N) is 3. The third-order valence-corrected chi connectivity index (χ3v) is 6.02. The molecule has 1 atom stereocenters. The number of likely N-dealkylation sites (tertiary alicyclic amines) is 1. The van der Waals surface area contributed by atoms with E-state index in [2.05, 4.69) is 5.32 Å². The van der Waals surface area contributed by atoms with Crippen molar-refractivity contribution < 1.29 is 14.3 Å². The standard InChI is InChI=1S/C26H30N4O3/c1-4-27-25(31)20-8-6-14-29(16-20)26(32)23-17-30(21-12-10-18(2)11-13-21)28-24(23)19-7-5-9-22(15-19)33-3/h5,7,9-13,15,17,20H,4,6,8,14,16H2,1-3H3,(H,27,31). The molecule has 1 N–H and O–H groups in total. The summed E-state index contributed by atoms with van der Waals surface area (Å²) in [5.41, 5.74) is 3.95. The number of aryl methyl sites for hydroxylation is 1. The highest BCUT2D eigenvalue weighted by atomic mass is 16.5. The van der Waals surface area contributed by atoms with E-state index in [1.54, 1.807) is 22.9 Å². The van der Waals surface area contributed by atoms with Crippen LogP contribution in [0.4, 0.5) is 0 Å². The minimum Gasteiger partial charge on any atom is -0.497 e. The van der Waals surface area contributed by atoms with Gasteiger partial charge in [-0.15, -0.1) is 0 Å². The molecule has 172 valence electrons. The molecule has 33 heavy (non-hydrogen) atoms. The molecule has 7 heteroatoms. The van der Waals surface area contributed by atoms with Gasteiger partial charge in [-0.1, -0.05) is 29.8 Å². The smallest absolute Gasteiger partial charge is 0.257 e. The highest BCUT2D eigenvalue weighted by molar-refractivity contribution is 6.00. The summed E-state index contributed by atoms with van der Waals surface area (Å²) in [5, 5.41) is 7.68. The van der Waals surface area contributed by atoms with E-state index in [1.807, 2.05) is 62.4 Å². The largest absolute Gasteiger partial charge is 0.497 e. The highest BCUT2D eigenvalue weighted by Gasteiger charge is 2.31. The lowest BCUT2D eigenvalue weighted by Crippen LogP contribution is -2.45. The molecule has 0 radical (unpaired) electrons. The van der Waals surface area contributed by atoms with Gasteiger partial charge in [0.15, 0.2) is 0 Å². The molecular formula is C26H30N4O3. The maximum absolute atomic E-state index is 13.7. The van der Waals surface area contributed by atoms with Crippen molar-refractivity contribution in [3.63, 3.8) is 0 Å². The van der Waals surface area contributed by atoms with Crippen LogP contribution in [0, 0.1) is 12.8 Å². The van der Waals surface area contributed by atoms with Gasteiger partial charge in [0.25, 0.3) is 5.91 Å². The number of carbonyl (C=O) groups is 2. The van der Waals surface area contributed by atoms with Crippen LogP contribution < -0.4 is 10.1 Å². The van der Waals surface area contributed by atoms with Gasteiger partial charge in [0.05, 0.1) is 24.3 Å². The summed E-state index contributed by atoms with van der Waals surface area (Å²) >= 11 is 0. The molecule has 7 nitrogen and oxygen atoms in total. The Balaban J connectivity index is 1.71. The zero-order valence-electron chi connectivity index (χ0n) is 19.4. The van der Waals surface area contributed by atoms with Crippen molar-refractivity contribution in [2.24, 2.45) is 5.92 Å². The van der Waals surface area contributed by atoms with Gasteiger partial charge in [-0.3, -0.25) is 9.59 Å². The third kappa shape index (κ3) is 4.92. The maximum atomic E-state index is 13.7. The predicted octanol–water partition coefficient (Wildman–Crippen LogP) is 3.84. The van der Waals surface area contributed by atoms with Gasteiger partial charge in [-0.05, 0) is 51.0 Å². The zero-order valence-corrected chi connectivity index (χ0v) is 19.4. The van der Waals surface area contributed by atoms with E-state index in [1.165, 1.54) is 0 Å². The number of nitrogens with one attached hydrogen (secondary N) is 1. The molecule has 1 aliphatic heterocycles. The second-order valence-electron chi connectivity index (χ2n) is 8.39. The molecule has 1 aromatic heterocycles. The second kappa shape index (κ2) is 9.90. The minimum atomic E-state index is -0.185. The molecule has 1 unspecified atom stereocenters. The SMILES string of the molecule is CCNC(=O)C1CCCN(C(=O)c2cn(-c3ccc(C)cc3)nc2-c2cccc(OC)c2)C1. The lowest BCUT2D eigenvalue weighted by atomic mass is 9.96. The molecule has 0 aliphatic carbocycles. The van der Waals surface area contributed by atoms with Crippen molar-refractivity contribution in [1.29, 1.82) is 0 Å². The fourth-order valence-electron chi connectivity index (χ4n) is 4.21. The lowest BCUT2D eigenvalue weighted by Gasteiger charge is -2.32. The molecule has 1 aliphatic rings. The van der Waals surface area contributed by atoms with Crippen LogP contribution in [0.5, 0.6) is 5.75 Å². The number of carbonyl (C=O) groups excluding carboxylic acids is 2. The van der Waals surface area contributed by atoms with Crippen LogP contribution in [0.3, 0.4) is 0 Å². The number of amides is 2. The Morgan fingerprint density at radius 1 is 1.18 bits per heavy atom. The van der Waals surface area contributed by atoms with E-state index in [4.69, 9.17) is 9.84 Å². The Kier molecular flexibility index (Phi) is 6.77. The van der Waals surface area contributed by atoms with Gasteiger partial charge < -0.3 is 15.0 Å². The summed E-state index contributed by atoms with van der Waals surface area (Å²) in [4.78, 5) is 27.9. The number of piperidine rings is 1. The summed E-state index contributed by atoms with van der Waals surface area (Å²) in [6.45, 7) is 5.57. The highest BCUT2D eigenvalue weighted by Crippen LogP contribution is 2.29. The van der Waals surface area contributed by atoms with Crippen LogP contribution >= 0.6 is 0 Å². The zero-order chi connectivity index (χ0) is 23.4. The van der Waals surface area contributed by atoms with Gasteiger partial charge in [-0.2, -0.15) is 5.10 Å². The number of aromatic nitrogens is 2. The lowest BCUT2D eigenvalue weighted by molar-refractivity contribution is -0.126. The second-order valence-corrected chi connectivity index (χ2v) is 8.39. The molecule has 2 amide bonds. The molecule has 2 heterocycles. The Morgan fingerprint density at radius 2 is 1.97 bits per heavy atom. The van der Waals surface area contributed by atoms with Crippen LogP contribution in [-0.2, 0) is 4.79 Å². The number of methoxy groups -OCH3 is 1. The topological polar surface area (TPSA) is 76.5 Å². The summed E-state index contributed by atoms with van der Waals surface area (Å²) in [5.74, 6) is 0.415. The molecule has 0 saturated carbocycles. The molecular weight excluding hydrogens is 416 g/mol. The summed E-state index contributed by atoms with van der Waals surface area (Å²) in [6.07, 6.45) is 3.38. The Labute approximate surface area is 194 Å². The monoisotopic (exact) mass is 446 g/mol. The fraction of sp³-hybridized carbons (Fsp3) is 0.346. The van der Waals surface area contributed by atoms with E-state index in [0.29, 0.717) is 36.6 Å². The van der Waals surface area contributed by atoms with Crippen LogP contribution in [0.15, 0.2) is 54.7 Å². The van der Waals surface area contributed by atoms with Crippen molar-refractivity contribution in [2.45, 2.75) is 26.7 Å². The number of rotatable bonds is 6. The average Bonchev–Trinajstić information content (AvgIpc) is 3.30. The molecule has 3 aromatic rings. The quantitative estimate of drug-likeness (QED) is 0.624. The number of hydrogen-bond donors (Lipinski definition) is 1. The van der Waals surface area contributed by atoms with E-state index in [-0.39, 0.29) is 17.7 Å². The molecule has 0 spiro atoms. The molecule has 1 fully saturated rings. The first-order valence-corrected chi connectivity index (χ1v) is 11.4. The number of benzene rings is 2. The summed E-state index contributed by atoms with van der Waals surface area (Å²) < 4.78 is 7.13. The van der Waals surface area contributed by atoms with Crippen molar-refractivity contribution >= 4 is 11.8 Å². The van der Waals surface area contributed by atoms with Crippen LogP contribution in [0.2, 0.25) is 0 Å². The van der Waals surface area contributed by atoms with E-state index < -0.39 is 0 Å². The van der Waals surface area contributed by atoms with Crippen molar-refractivity contribution in [1.82, 2.24) is 20.0 Å². The van der Waals surface area contributed by atoms with Crippen LogP contribution in [-0.4, -0.2) is 53.2 Å². The Morgan fingerprint density at radius 3 is 2.70 bits per heavy atom. The van der Waals surface area contributed by atoms with Gasteiger partial charge in [0, 0.05) is 31.4 Å². The van der Waals surface area contributed by atoms with Gasteiger partial charge in [0.2, 0.25) is 5.91 Å². The summed E-state index contributed by atoms with van der Waals surface area (Å²) in [6, 6.07) is 15.6. The van der Waals surface area contributed by atoms with Gasteiger partial charge in [0.1, 0.15) is 11.4 Å². The van der Waals surface area contributed by atoms with E-state index in [0.717, 1.165) is 29.7 Å². The molecule has 2 aromatic carbocycles. The molecule has 0 bridgehead atoms. The first-order valence-electron chi connectivity index (χ1n) is 11.4. The molecule has 1 saturated heterocycles. The molecule has 4 rings (SSSR count). The van der Waals surface area contributed by atoms with E-state index in [9.17, 15) is 9.59 Å². The Bertz CT molecular complexity index is 1140. The van der Waals surface area contributed by atoms with Crippen LogP contribution in [0.1, 0.15) is 35.7 Å². The third-order valence-electron chi connectivity index (χ3n) is 6.02. The fourth-order valence-corrected chi connectivity index (χ4v) is 4.21. The number of ether oxygens (including phenoxy) is 1. The van der Waals surface area contributed by atoms with Crippen molar-refractivity contribution in [3.05, 3.63) is 65.9 Å². The number of hydrogen-bond acceptors (Lipinski definition) is 4. The minimum absolute atomic E-state index is 0.0124. The van der Waals surface area contributed by atoms with Crippen molar-refractivity contribution in [3.8, 4) is 22.7 Å². The first kappa shape index (κ1) is 22.6. The van der Waals surface area contributed by atoms with Gasteiger partial charge >= 0.3 is 0 Å². The average molecular weight is 447 g/mol. The van der Waals surface area contributed by atoms with E-state index >= 15 is 0 Å². The first-order chi connectivity index (χ1) is 16.0. The summed E-state index contributed by atoms with van der Waals surface area (Å²) in [7, 11) is 1.62. The van der Waals surface area contributed by atoms with Gasteiger partial charge in [-0.25, -0.2) is 4.68 Å². The normalized spacial score (nSPS) is 15.8.